The van der Waals surface area contributed by atoms with Crippen LogP contribution in [0.3, 0.4) is 0 Å². The summed E-state index contributed by atoms with van der Waals surface area (Å²) in [6.45, 7) is 0.313. The standard InChI is InChI=1S/C16H23N3O4/c1-23-16(22)13(9-5-6-10-17)19-14(20)11-18-15(21)12-7-3-2-4-8-12/h2-4,7-8,13H,5-6,9-11,17H2,1H3,(H,18,21)(H,19,20)/t13-/m0/s1. The fourth-order valence-corrected chi connectivity index (χ4v) is 1.98. The summed E-state index contributed by atoms with van der Waals surface area (Å²) in [7, 11) is 1.27. The molecule has 0 aliphatic carbocycles. The molecule has 7 nitrogen and oxygen atoms in total. The largest absolute Gasteiger partial charge is 0.467 e. The lowest BCUT2D eigenvalue weighted by molar-refractivity contribution is -0.145. The molecule has 0 aliphatic heterocycles. The number of methoxy groups -OCH3 is 1. The van der Waals surface area contributed by atoms with Gasteiger partial charge in [0, 0.05) is 5.56 Å². The average Bonchev–Trinajstić information content (AvgIpc) is 2.59. The van der Waals surface area contributed by atoms with E-state index in [1.54, 1.807) is 30.3 Å². The van der Waals surface area contributed by atoms with Gasteiger partial charge >= 0.3 is 5.97 Å². The van der Waals surface area contributed by atoms with Gasteiger partial charge in [-0.25, -0.2) is 4.79 Å². The second-order valence-electron chi connectivity index (χ2n) is 4.98. The van der Waals surface area contributed by atoms with Crippen molar-refractivity contribution < 1.29 is 19.1 Å². The minimum atomic E-state index is -0.729. The van der Waals surface area contributed by atoms with Crippen LogP contribution in [0.15, 0.2) is 30.3 Å². The molecular weight excluding hydrogens is 298 g/mol. The molecule has 0 bridgehead atoms. The molecule has 23 heavy (non-hydrogen) atoms. The molecule has 0 radical (unpaired) electrons. The Balaban J connectivity index is 2.45. The molecule has 0 spiro atoms. The lowest BCUT2D eigenvalue weighted by atomic mass is 10.1. The van der Waals surface area contributed by atoms with Crippen LogP contribution in [0.1, 0.15) is 29.6 Å². The fraction of sp³-hybridized carbons (Fsp3) is 0.438. The number of nitrogens with one attached hydrogen (secondary N) is 2. The number of benzene rings is 1. The summed E-state index contributed by atoms with van der Waals surface area (Å²) in [6, 6.07) is 7.84. The molecule has 1 atom stereocenters. The summed E-state index contributed by atoms with van der Waals surface area (Å²) in [5.41, 5.74) is 5.88. The van der Waals surface area contributed by atoms with Gasteiger partial charge in [-0.1, -0.05) is 18.2 Å². The SMILES string of the molecule is COC(=O)[C@H](CCCCN)NC(=O)CNC(=O)c1ccccc1. The zero-order chi connectivity index (χ0) is 17.1. The molecule has 2 amide bonds. The third-order valence-corrected chi connectivity index (χ3v) is 3.21. The summed E-state index contributed by atoms with van der Waals surface area (Å²) >= 11 is 0. The van der Waals surface area contributed by atoms with Gasteiger partial charge in [-0.3, -0.25) is 9.59 Å². The molecule has 0 heterocycles. The lowest BCUT2D eigenvalue weighted by Crippen LogP contribution is -2.46. The van der Waals surface area contributed by atoms with E-state index in [0.717, 1.165) is 6.42 Å². The summed E-state index contributed by atoms with van der Waals surface area (Å²) in [5, 5.41) is 5.07. The number of rotatable bonds is 9. The van der Waals surface area contributed by atoms with Crippen molar-refractivity contribution in [3.63, 3.8) is 0 Å². The van der Waals surface area contributed by atoms with E-state index >= 15 is 0 Å². The normalized spacial score (nSPS) is 11.4. The number of ether oxygens (including phenoxy) is 1. The molecular formula is C16H23N3O4. The number of hydrogen-bond donors (Lipinski definition) is 3. The molecule has 0 saturated carbocycles. The fourth-order valence-electron chi connectivity index (χ4n) is 1.98. The van der Waals surface area contributed by atoms with Gasteiger partial charge in [0.15, 0.2) is 0 Å². The van der Waals surface area contributed by atoms with E-state index in [1.807, 2.05) is 0 Å². The van der Waals surface area contributed by atoms with Crippen molar-refractivity contribution in [2.75, 3.05) is 20.2 Å². The van der Waals surface area contributed by atoms with Crippen LogP contribution in [0.25, 0.3) is 0 Å². The van der Waals surface area contributed by atoms with Crippen LogP contribution in [0.2, 0.25) is 0 Å². The number of unbranched alkanes of at least 4 members (excludes halogenated alkanes) is 1. The van der Waals surface area contributed by atoms with Gasteiger partial charge in [0.2, 0.25) is 5.91 Å². The van der Waals surface area contributed by atoms with Crippen LogP contribution in [0.5, 0.6) is 0 Å². The zero-order valence-corrected chi connectivity index (χ0v) is 13.2. The van der Waals surface area contributed by atoms with Crippen molar-refractivity contribution >= 4 is 17.8 Å². The molecule has 1 aromatic rings. The summed E-state index contributed by atoms with van der Waals surface area (Å²) in [4.78, 5) is 35.4. The van der Waals surface area contributed by atoms with Gasteiger partial charge in [-0.15, -0.1) is 0 Å². The number of amides is 2. The highest BCUT2D eigenvalue weighted by Gasteiger charge is 2.21. The van der Waals surface area contributed by atoms with Gasteiger partial charge in [0.05, 0.1) is 13.7 Å². The van der Waals surface area contributed by atoms with Crippen LogP contribution >= 0.6 is 0 Å². The Kier molecular flexibility index (Phi) is 8.38. The van der Waals surface area contributed by atoms with Crippen LogP contribution < -0.4 is 16.4 Å². The van der Waals surface area contributed by atoms with Gasteiger partial charge in [0.25, 0.3) is 5.91 Å². The Hall–Kier alpha value is -2.41. The molecule has 126 valence electrons. The number of esters is 1. The predicted octanol–water partition coefficient (Wildman–Crippen LogP) is 0.203. The third kappa shape index (κ3) is 6.92. The quantitative estimate of drug-likeness (QED) is 0.444. The number of carbonyl (C=O) groups is 3. The van der Waals surface area contributed by atoms with E-state index in [2.05, 4.69) is 15.4 Å². The van der Waals surface area contributed by atoms with E-state index < -0.39 is 17.9 Å². The molecule has 0 fully saturated rings. The van der Waals surface area contributed by atoms with Crippen molar-refractivity contribution in [3.8, 4) is 0 Å². The Bertz CT molecular complexity index is 519. The monoisotopic (exact) mass is 321 g/mol. The molecule has 0 aromatic heterocycles. The van der Waals surface area contributed by atoms with Crippen molar-refractivity contribution in [1.82, 2.24) is 10.6 Å². The van der Waals surface area contributed by atoms with E-state index in [4.69, 9.17) is 5.73 Å². The Morgan fingerprint density at radius 1 is 1.17 bits per heavy atom. The minimum absolute atomic E-state index is 0.210. The maximum atomic E-state index is 11.9. The van der Waals surface area contributed by atoms with Crippen LogP contribution in [-0.4, -0.2) is 44.0 Å². The first-order valence-corrected chi connectivity index (χ1v) is 7.49. The molecule has 0 unspecified atom stereocenters. The van der Waals surface area contributed by atoms with Crippen LogP contribution in [0, 0.1) is 0 Å². The molecule has 0 saturated heterocycles. The van der Waals surface area contributed by atoms with Crippen molar-refractivity contribution in [2.24, 2.45) is 5.73 Å². The van der Waals surface area contributed by atoms with Crippen LogP contribution in [0.4, 0.5) is 0 Å². The predicted molar refractivity (Wildman–Crippen MR) is 85.6 cm³/mol. The second-order valence-corrected chi connectivity index (χ2v) is 4.98. The number of carbonyl (C=O) groups excluding carboxylic acids is 3. The first kappa shape index (κ1) is 18.6. The maximum Gasteiger partial charge on any atom is 0.328 e. The average molecular weight is 321 g/mol. The third-order valence-electron chi connectivity index (χ3n) is 3.21. The summed E-state index contributed by atoms with van der Waals surface area (Å²) in [5.74, 6) is -1.30. The Labute approximate surface area is 135 Å². The van der Waals surface area contributed by atoms with E-state index in [0.29, 0.717) is 24.9 Å². The highest BCUT2D eigenvalue weighted by molar-refractivity contribution is 5.96. The minimum Gasteiger partial charge on any atom is -0.467 e. The Morgan fingerprint density at radius 2 is 1.87 bits per heavy atom. The first-order valence-electron chi connectivity index (χ1n) is 7.49. The number of hydrogen-bond acceptors (Lipinski definition) is 5. The summed E-state index contributed by atoms with van der Waals surface area (Å²) in [6.07, 6.45) is 1.91. The molecule has 7 heteroatoms. The smallest absolute Gasteiger partial charge is 0.328 e. The Morgan fingerprint density at radius 3 is 2.48 bits per heavy atom. The maximum absolute atomic E-state index is 11.9. The lowest BCUT2D eigenvalue weighted by Gasteiger charge is -2.16. The van der Waals surface area contributed by atoms with Crippen molar-refractivity contribution in [3.05, 3.63) is 35.9 Å². The van der Waals surface area contributed by atoms with Gasteiger partial charge < -0.3 is 21.1 Å². The van der Waals surface area contributed by atoms with Gasteiger partial charge in [-0.05, 0) is 37.9 Å². The van der Waals surface area contributed by atoms with E-state index in [-0.39, 0.29) is 12.5 Å². The van der Waals surface area contributed by atoms with Crippen molar-refractivity contribution in [1.29, 1.82) is 0 Å². The highest BCUT2D eigenvalue weighted by Crippen LogP contribution is 2.02. The molecule has 4 N–H and O–H groups in total. The van der Waals surface area contributed by atoms with Gasteiger partial charge in [0.1, 0.15) is 6.04 Å². The van der Waals surface area contributed by atoms with Gasteiger partial charge in [-0.2, -0.15) is 0 Å². The molecule has 1 rings (SSSR count). The van der Waals surface area contributed by atoms with E-state index in [1.165, 1.54) is 7.11 Å². The first-order chi connectivity index (χ1) is 11.1. The molecule has 0 aliphatic rings. The zero-order valence-electron chi connectivity index (χ0n) is 13.2. The second kappa shape index (κ2) is 10.3. The van der Waals surface area contributed by atoms with Crippen LogP contribution in [-0.2, 0) is 14.3 Å². The topological polar surface area (TPSA) is 111 Å². The highest BCUT2D eigenvalue weighted by atomic mass is 16.5. The molecule has 1 aromatic carbocycles. The summed E-state index contributed by atoms with van der Waals surface area (Å²) < 4.78 is 4.67. The number of nitrogens with two attached hydrogens (primary N) is 1. The van der Waals surface area contributed by atoms with Crippen molar-refractivity contribution in [2.45, 2.75) is 25.3 Å². The van der Waals surface area contributed by atoms with E-state index in [9.17, 15) is 14.4 Å².